The van der Waals surface area contributed by atoms with E-state index in [-0.39, 0.29) is 0 Å². The molecule has 1 fully saturated rings. The molecule has 0 aromatic heterocycles. The summed E-state index contributed by atoms with van der Waals surface area (Å²) in [5, 5.41) is 0. The van der Waals surface area contributed by atoms with E-state index in [0.29, 0.717) is 12.1 Å². The van der Waals surface area contributed by atoms with Gasteiger partial charge in [0.25, 0.3) is 0 Å². The highest BCUT2D eigenvalue weighted by Gasteiger charge is 2.24. The van der Waals surface area contributed by atoms with Gasteiger partial charge in [0.2, 0.25) is 0 Å². The van der Waals surface area contributed by atoms with Gasteiger partial charge >= 0.3 is 0 Å². The highest BCUT2D eigenvalue weighted by molar-refractivity contribution is 4.82. The molecule has 0 aliphatic heterocycles. The number of rotatable bonds is 1. The van der Waals surface area contributed by atoms with Crippen molar-refractivity contribution in [2.75, 3.05) is 14.1 Å². The van der Waals surface area contributed by atoms with Gasteiger partial charge in [-0.05, 0) is 39.3 Å². The molecule has 11 heavy (non-hydrogen) atoms. The standard InChI is InChI=1S/C9H20N2/c1-7-4-8(10)6-9(5-7)11(2)3/h7-9H,4-6,10H2,1-3H3. The maximum Gasteiger partial charge on any atom is 0.0106 e. The Bertz CT molecular complexity index is 113. The van der Waals surface area contributed by atoms with Crippen LogP contribution in [-0.2, 0) is 0 Å². The molecule has 2 nitrogen and oxygen atoms in total. The van der Waals surface area contributed by atoms with Crippen molar-refractivity contribution in [1.29, 1.82) is 0 Å². The van der Waals surface area contributed by atoms with Crippen LogP contribution in [0.15, 0.2) is 0 Å². The highest BCUT2D eigenvalue weighted by Crippen LogP contribution is 2.25. The van der Waals surface area contributed by atoms with Gasteiger partial charge in [0.1, 0.15) is 0 Å². The lowest BCUT2D eigenvalue weighted by molar-refractivity contribution is 0.178. The summed E-state index contributed by atoms with van der Waals surface area (Å²) in [4.78, 5) is 2.30. The summed E-state index contributed by atoms with van der Waals surface area (Å²) in [7, 11) is 4.30. The topological polar surface area (TPSA) is 29.3 Å². The van der Waals surface area contributed by atoms with E-state index in [2.05, 4.69) is 25.9 Å². The molecule has 1 saturated carbocycles. The van der Waals surface area contributed by atoms with Gasteiger partial charge in [-0.2, -0.15) is 0 Å². The second-order valence-electron chi connectivity index (χ2n) is 4.19. The molecule has 0 aromatic carbocycles. The molecule has 0 amide bonds. The van der Waals surface area contributed by atoms with Crippen LogP contribution >= 0.6 is 0 Å². The Morgan fingerprint density at radius 3 is 2.27 bits per heavy atom. The molecule has 3 unspecified atom stereocenters. The van der Waals surface area contributed by atoms with Gasteiger partial charge < -0.3 is 10.6 Å². The average molecular weight is 156 g/mol. The average Bonchev–Trinajstić information content (AvgIpc) is 1.85. The molecule has 2 heteroatoms. The highest BCUT2D eigenvalue weighted by atomic mass is 15.1. The Balaban J connectivity index is 2.43. The fourth-order valence-electron chi connectivity index (χ4n) is 2.04. The first-order valence-electron chi connectivity index (χ1n) is 4.51. The van der Waals surface area contributed by atoms with E-state index in [1.807, 2.05) is 0 Å². The smallest absolute Gasteiger partial charge is 0.0106 e. The third-order valence-electron chi connectivity index (χ3n) is 2.68. The maximum atomic E-state index is 5.93. The molecule has 0 aromatic rings. The minimum atomic E-state index is 0.436. The number of nitrogens with zero attached hydrogens (tertiary/aromatic N) is 1. The molecular weight excluding hydrogens is 136 g/mol. The quantitative estimate of drug-likeness (QED) is 0.615. The number of hydrogen-bond donors (Lipinski definition) is 1. The van der Waals surface area contributed by atoms with E-state index >= 15 is 0 Å². The van der Waals surface area contributed by atoms with Gasteiger partial charge in [0.05, 0.1) is 0 Å². The maximum absolute atomic E-state index is 5.93. The monoisotopic (exact) mass is 156 g/mol. The molecule has 0 bridgehead atoms. The van der Waals surface area contributed by atoms with Crippen molar-refractivity contribution in [3.8, 4) is 0 Å². The summed E-state index contributed by atoms with van der Waals surface area (Å²) in [5.41, 5.74) is 5.93. The second kappa shape index (κ2) is 3.55. The van der Waals surface area contributed by atoms with Gasteiger partial charge in [0, 0.05) is 12.1 Å². The minimum Gasteiger partial charge on any atom is -0.328 e. The Morgan fingerprint density at radius 2 is 1.82 bits per heavy atom. The van der Waals surface area contributed by atoms with Crippen LogP contribution in [0, 0.1) is 5.92 Å². The SMILES string of the molecule is CC1CC(N)CC(N(C)C)C1. The summed E-state index contributed by atoms with van der Waals surface area (Å²) < 4.78 is 0. The van der Waals surface area contributed by atoms with Crippen LogP contribution in [0.2, 0.25) is 0 Å². The summed E-state index contributed by atoms with van der Waals surface area (Å²) in [6, 6.07) is 1.15. The second-order valence-corrected chi connectivity index (χ2v) is 4.19. The number of nitrogens with two attached hydrogens (primary N) is 1. The Morgan fingerprint density at radius 1 is 1.18 bits per heavy atom. The Labute approximate surface area is 69.8 Å². The van der Waals surface area contributed by atoms with Crippen LogP contribution < -0.4 is 5.73 Å². The lowest BCUT2D eigenvalue weighted by Gasteiger charge is -2.35. The lowest BCUT2D eigenvalue weighted by Crippen LogP contribution is -2.41. The van der Waals surface area contributed by atoms with E-state index in [1.54, 1.807) is 0 Å². The first-order chi connectivity index (χ1) is 5.09. The van der Waals surface area contributed by atoms with Crippen LogP contribution in [0.4, 0.5) is 0 Å². The molecule has 0 saturated heterocycles. The number of hydrogen-bond acceptors (Lipinski definition) is 2. The third kappa shape index (κ3) is 2.46. The van der Waals surface area contributed by atoms with Gasteiger partial charge in [-0.15, -0.1) is 0 Å². The van der Waals surface area contributed by atoms with Crippen molar-refractivity contribution in [3.05, 3.63) is 0 Å². The molecule has 66 valence electrons. The first-order valence-corrected chi connectivity index (χ1v) is 4.51. The Kier molecular flexibility index (Phi) is 2.90. The van der Waals surface area contributed by atoms with Crippen LogP contribution in [-0.4, -0.2) is 31.1 Å². The molecule has 1 rings (SSSR count). The molecule has 0 heterocycles. The zero-order chi connectivity index (χ0) is 8.43. The molecule has 0 radical (unpaired) electrons. The van der Waals surface area contributed by atoms with Crippen LogP contribution in [0.5, 0.6) is 0 Å². The van der Waals surface area contributed by atoms with Crippen molar-refractivity contribution in [3.63, 3.8) is 0 Å². The van der Waals surface area contributed by atoms with Crippen LogP contribution in [0.1, 0.15) is 26.2 Å². The molecular formula is C9H20N2. The van der Waals surface area contributed by atoms with Crippen molar-refractivity contribution < 1.29 is 0 Å². The normalized spacial score (nSPS) is 39.5. The lowest BCUT2D eigenvalue weighted by atomic mass is 9.83. The minimum absolute atomic E-state index is 0.436. The third-order valence-corrected chi connectivity index (χ3v) is 2.68. The van der Waals surface area contributed by atoms with E-state index in [0.717, 1.165) is 5.92 Å². The molecule has 1 aliphatic carbocycles. The predicted octanol–water partition coefficient (Wildman–Crippen LogP) is 1.06. The van der Waals surface area contributed by atoms with Gasteiger partial charge in [-0.3, -0.25) is 0 Å². The van der Waals surface area contributed by atoms with Crippen molar-refractivity contribution >= 4 is 0 Å². The van der Waals surface area contributed by atoms with Crippen molar-refractivity contribution in [1.82, 2.24) is 4.90 Å². The van der Waals surface area contributed by atoms with E-state index in [1.165, 1.54) is 19.3 Å². The molecule has 1 aliphatic rings. The van der Waals surface area contributed by atoms with Crippen molar-refractivity contribution in [2.45, 2.75) is 38.3 Å². The zero-order valence-corrected chi connectivity index (χ0v) is 7.88. The summed E-state index contributed by atoms with van der Waals surface area (Å²) in [6.45, 7) is 2.30. The van der Waals surface area contributed by atoms with Crippen molar-refractivity contribution in [2.24, 2.45) is 11.7 Å². The molecule has 3 atom stereocenters. The summed E-state index contributed by atoms with van der Waals surface area (Å²) >= 11 is 0. The molecule has 0 spiro atoms. The van der Waals surface area contributed by atoms with Gasteiger partial charge in [-0.25, -0.2) is 0 Å². The fourth-order valence-corrected chi connectivity index (χ4v) is 2.04. The van der Waals surface area contributed by atoms with Crippen LogP contribution in [0.3, 0.4) is 0 Å². The van der Waals surface area contributed by atoms with Gasteiger partial charge in [0.15, 0.2) is 0 Å². The zero-order valence-electron chi connectivity index (χ0n) is 7.88. The first kappa shape index (κ1) is 9.01. The fraction of sp³-hybridized carbons (Fsp3) is 1.00. The van der Waals surface area contributed by atoms with Crippen LogP contribution in [0.25, 0.3) is 0 Å². The largest absolute Gasteiger partial charge is 0.328 e. The molecule has 2 N–H and O–H groups in total. The van der Waals surface area contributed by atoms with E-state index in [4.69, 9.17) is 5.73 Å². The van der Waals surface area contributed by atoms with Gasteiger partial charge in [-0.1, -0.05) is 6.92 Å². The summed E-state index contributed by atoms with van der Waals surface area (Å²) in [5.74, 6) is 0.811. The van der Waals surface area contributed by atoms with E-state index < -0.39 is 0 Å². The van der Waals surface area contributed by atoms with E-state index in [9.17, 15) is 0 Å². The Hall–Kier alpha value is -0.0800. The summed E-state index contributed by atoms with van der Waals surface area (Å²) in [6.07, 6.45) is 3.71. The predicted molar refractivity (Wildman–Crippen MR) is 48.5 cm³/mol.